The molecule has 3 heteroatoms. The Morgan fingerprint density at radius 1 is 1.50 bits per heavy atom. The second-order valence-electron chi connectivity index (χ2n) is 2.63. The van der Waals surface area contributed by atoms with E-state index in [9.17, 15) is 0 Å². The SMILES string of the molecule is CCn1ccc2c(Cl)ccnc21. The molecule has 0 saturated heterocycles. The van der Waals surface area contributed by atoms with Gasteiger partial charge < -0.3 is 4.57 Å². The van der Waals surface area contributed by atoms with Gasteiger partial charge >= 0.3 is 0 Å². The molecule has 0 unspecified atom stereocenters. The Hall–Kier alpha value is -1.02. The molecule has 0 saturated carbocycles. The first-order chi connectivity index (χ1) is 5.83. The Morgan fingerprint density at radius 3 is 3.08 bits per heavy atom. The second kappa shape index (κ2) is 2.79. The zero-order valence-electron chi connectivity index (χ0n) is 6.79. The van der Waals surface area contributed by atoms with Crippen molar-refractivity contribution in [2.75, 3.05) is 0 Å². The number of aryl methyl sites for hydroxylation is 1. The molecule has 0 aliphatic rings. The maximum Gasteiger partial charge on any atom is 0.141 e. The summed E-state index contributed by atoms with van der Waals surface area (Å²) >= 11 is 5.97. The predicted octanol–water partition coefficient (Wildman–Crippen LogP) is 2.71. The van der Waals surface area contributed by atoms with Gasteiger partial charge in [0.15, 0.2) is 0 Å². The molecule has 0 N–H and O–H groups in total. The average Bonchev–Trinajstić information content (AvgIpc) is 2.49. The third-order valence-corrected chi connectivity index (χ3v) is 2.28. The van der Waals surface area contributed by atoms with E-state index in [0.717, 1.165) is 22.6 Å². The monoisotopic (exact) mass is 180 g/mol. The Kier molecular flexibility index (Phi) is 1.77. The van der Waals surface area contributed by atoms with Gasteiger partial charge in [-0.2, -0.15) is 0 Å². The van der Waals surface area contributed by atoms with Crippen LogP contribution >= 0.6 is 11.6 Å². The van der Waals surface area contributed by atoms with Gasteiger partial charge in [-0.05, 0) is 19.1 Å². The van der Waals surface area contributed by atoms with Crippen molar-refractivity contribution in [3.8, 4) is 0 Å². The lowest BCUT2D eigenvalue weighted by molar-refractivity contribution is 0.788. The van der Waals surface area contributed by atoms with Gasteiger partial charge in [0.25, 0.3) is 0 Å². The summed E-state index contributed by atoms with van der Waals surface area (Å²) in [5, 5.41) is 1.80. The minimum absolute atomic E-state index is 0.771. The first-order valence-corrected chi connectivity index (χ1v) is 4.30. The van der Waals surface area contributed by atoms with Crippen molar-refractivity contribution < 1.29 is 0 Å². The molecule has 0 aliphatic heterocycles. The summed E-state index contributed by atoms with van der Waals surface area (Å²) in [4.78, 5) is 4.25. The van der Waals surface area contributed by atoms with Gasteiger partial charge in [-0.3, -0.25) is 0 Å². The van der Waals surface area contributed by atoms with Crippen LogP contribution in [0.4, 0.5) is 0 Å². The first-order valence-electron chi connectivity index (χ1n) is 3.92. The van der Waals surface area contributed by atoms with Crippen LogP contribution in [-0.2, 0) is 6.54 Å². The third kappa shape index (κ3) is 0.994. The van der Waals surface area contributed by atoms with Gasteiger partial charge in [-0.1, -0.05) is 11.6 Å². The number of aromatic nitrogens is 2. The van der Waals surface area contributed by atoms with Gasteiger partial charge in [-0.25, -0.2) is 4.98 Å². The number of fused-ring (bicyclic) bond motifs is 1. The number of pyridine rings is 1. The molecular weight excluding hydrogens is 172 g/mol. The third-order valence-electron chi connectivity index (χ3n) is 1.95. The van der Waals surface area contributed by atoms with Gasteiger partial charge in [0.2, 0.25) is 0 Å². The molecule has 2 heterocycles. The normalized spacial score (nSPS) is 10.8. The Bertz CT molecular complexity index is 406. The lowest BCUT2D eigenvalue weighted by atomic mass is 10.3. The molecule has 0 amide bonds. The lowest BCUT2D eigenvalue weighted by Crippen LogP contribution is -1.92. The van der Waals surface area contributed by atoms with E-state index in [1.807, 2.05) is 18.3 Å². The molecule has 62 valence electrons. The standard InChI is InChI=1S/C9H9ClN2/c1-2-12-6-4-7-8(10)3-5-11-9(7)12/h3-6H,2H2,1H3. The number of halogens is 1. The minimum atomic E-state index is 0.771. The van der Waals surface area contributed by atoms with Crippen molar-refractivity contribution in [3.63, 3.8) is 0 Å². The lowest BCUT2D eigenvalue weighted by Gasteiger charge is -1.98. The maximum absolute atomic E-state index is 5.97. The van der Waals surface area contributed by atoms with Crippen molar-refractivity contribution in [3.05, 3.63) is 29.5 Å². The van der Waals surface area contributed by atoms with Gasteiger partial charge in [0.05, 0.1) is 5.02 Å². The zero-order chi connectivity index (χ0) is 8.55. The highest BCUT2D eigenvalue weighted by atomic mass is 35.5. The van der Waals surface area contributed by atoms with Crippen LogP contribution in [0.15, 0.2) is 24.5 Å². The van der Waals surface area contributed by atoms with Crippen LogP contribution < -0.4 is 0 Å². The Labute approximate surface area is 75.8 Å². The molecular formula is C9H9ClN2. The molecule has 0 fully saturated rings. The number of hydrogen-bond acceptors (Lipinski definition) is 1. The van der Waals surface area contributed by atoms with Crippen LogP contribution in [0, 0.1) is 0 Å². The highest BCUT2D eigenvalue weighted by Gasteiger charge is 2.02. The highest BCUT2D eigenvalue weighted by Crippen LogP contribution is 2.21. The number of nitrogens with zero attached hydrogens (tertiary/aromatic N) is 2. The van der Waals surface area contributed by atoms with E-state index in [1.165, 1.54) is 0 Å². The summed E-state index contributed by atoms with van der Waals surface area (Å²) in [5.41, 5.74) is 0.963. The Morgan fingerprint density at radius 2 is 2.33 bits per heavy atom. The van der Waals surface area contributed by atoms with Crippen molar-refractivity contribution in [1.29, 1.82) is 0 Å². The van der Waals surface area contributed by atoms with Crippen molar-refractivity contribution in [2.45, 2.75) is 13.5 Å². The Balaban J connectivity index is 2.80. The molecule has 2 nitrogen and oxygen atoms in total. The highest BCUT2D eigenvalue weighted by molar-refractivity contribution is 6.35. The molecule has 0 aliphatic carbocycles. The number of rotatable bonds is 1. The van der Waals surface area contributed by atoms with Crippen LogP contribution in [0.5, 0.6) is 0 Å². The fourth-order valence-corrected chi connectivity index (χ4v) is 1.52. The molecule has 2 aromatic heterocycles. The molecule has 0 bridgehead atoms. The summed E-state index contributed by atoms with van der Waals surface area (Å²) in [5.74, 6) is 0. The van der Waals surface area contributed by atoms with Gasteiger partial charge in [0.1, 0.15) is 5.65 Å². The van der Waals surface area contributed by atoms with Crippen LogP contribution in [0.3, 0.4) is 0 Å². The smallest absolute Gasteiger partial charge is 0.141 e. The fourth-order valence-electron chi connectivity index (χ4n) is 1.31. The summed E-state index contributed by atoms with van der Waals surface area (Å²) in [6.45, 7) is 3.01. The molecule has 2 rings (SSSR count). The van der Waals surface area contributed by atoms with E-state index < -0.39 is 0 Å². The first kappa shape index (κ1) is 7.62. The van der Waals surface area contributed by atoms with E-state index >= 15 is 0 Å². The summed E-state index contributed by atoms with van der Waals surface area (Å²) in [7, 11) is 0. The van der Waals surface area contributed by atoms with E-state index in [1.54, 1.807) is 6.20 Å². The quantitative estimate of drug-likeness (QED) is 0.660. The van der Waals surface area contributed by atoms with E-state index in [2.05, 4.69) is 16.5 Å². The van der Waals surface area contributed by atoms with Crippen molar-refractivity contribution in [2.24, 2.45) is 0 Å². The van der Waals surface area contributed by atoms with E-state index in [4.69, 9.17) is 11.6 Å². The van der Waals surface area contributed by atoms with Crippen LogP contribution in [0.1, 0.15) is 6.92 Å². The second-order valence-corrected chi connectivity index (χ2v) is 3.04. The molecule has 2 aromatic rings. The van der Waals surface area contributed by atoms with Crippen LogP contribution in [-0.4, -0.2) is 9.55 Å². The molecule has 12 heavy (non-hydrogen) atoms. The van der Waals surface area contributed by atoms with Crippen molar-refractivity contribution >= 4 is 22.6 Å². The van der Waals surface area contributed by atoms with E-state index in [-0.39, 0.29) is 0 Å². The zero-order valence-corrected chi connectivity index (χ0v) is 7.54. The van der Waals surface area contributed by atoms with Crippen LogP contribution in [0.25, 0.3) is 11.0 Å². The van der Waals surface area contributed by atoms with Crippen molar-refractivity contribution in [1.82, 2.24) is 9.55 Å². The van der Waals surface area contributed by atoms with Gasteiger partial charge in [-0.15, -0.1) is 0 Å². The fraction of sp³-hybridized carbons (Fsp3) is 0.222. The summed E-state index contributed by atoms with van der Waals surface area (Å²) in [6, 6.07) is 3.80. The summed E-state index contributed by atoms with van der Waals surface area (Å²) in [6.07, 6.45) is 3.74. The topological polar surface area (TPSA) is 17.8 Å². The largest absolute Gasteiger partial charge is 0.333 e. The molecule has 0 spiro atoms. The molecule has 0 atom stereocenters. The summed E-state index contributed by atoms with van der Waals surface area (Å²) < 4.78 is 2.07. The van der Waals surface area contributed by atoms with Crippen LogP contribution in [0.2, 0.25) is 5.02 Å². The number of hydrogen-bond donors (Lipinski definition) is 0. The van der Waals surface area contributed by atoms with Gasteiger partial charge in [0, 0.05) is 24.3 Å². The average molecular weight is 181 g/mol. The molecule has 0 radical (unpaired) electrons. The molecule has 0 aromatic carbocycles. The minimum Gasteiger partial charge on any atom is -0.333 e. The van der Waals surface area contributed by atoms with E-state index in [0.29, 0.717) is 0 Å². The predicted molar refractivity (Wildman–Crippen MR) is 50.4 cm³/mol. The maximum atomic E-state index is 5.97.